The second-order valence-electron chi connectivity index (χ2n) is 3.89. The van der Waals surface area contributed by atoms with Crippen LogP contribution in [0.2, 0.25) is 0 Å². The Labute approximate surface area is 106 Å². The lowest BCUT2D eigenvalue weighted by Crippen LogP contribution is -2.15. The summed E-state index contributed by atoms with van der Waals surface area (Å²) in [4.78, 5) is 8.46. The molecule has 0 radical (unpaired) electrons. The minimum atomic E-state index is 0.369. The molecule has 0 saturated heterocycles. The molecule has 0 aliphatic carbocycles. The second kappa shape index (κ2) is 6.76. The molecule has 0 aliphatic heterocycles. The highest BCUT2D eigenvalue weighted by Crippen LogP contribution is 2.09. The van der Waals surface area contributed by atoms with E-state index in [9.17, 15) is 0 Å². The molecule has 5 nitrogen and oxygen atoms in total. The van der Waals surface area contributed by atoms with Gasteiger partial charge in [-0.25, -0.2) is 4.98 Å². The molecule has 0 fully saturated rings. The number of hydrogen-bond acceptors (Lipinski definition) is 5. The summed E-state index contributed by atoms with van der Waals surface area (Å²) in [6.07, 6.45) is 6.06. The molecule has 0 atom stereocenters. The molecule has 1 N–H and O–H groups in total. The van der Waals surface area contributed by atoms with Gasteiger partial charge in [-0.05, 0) is 25.1 Å². The number of hydrogen-bond donors (Lipinski definition) is 1. The van der Waals surface area contributed by atoms with Gasteiger partial charge in [-0.15, -0.1) is 0 Å². The normalized spacial score (nSPS) is 10.5. The topological polar surface area (TPSA) is 60.2 Å². The van der Waals surface area contributed by atoms with Gasteiger partial charge in [-0.2, -0.15) is 0 Å². The number of nitrogens with zero attached hydrogens (tertiary/aromatic N) is 2. The number of furan rings is 1. The molecule has 0 bridgehead atoms. The Bertz CT molecular complexity index is 457. The second-order valence-corrected chi connectivity index (χ2v) is 3.89. The summed E-state index contributed by atoms with van der Waals surface area (Å²) in [5, 5.41) is 3.27. The molecular formula is C13H17N3O2. The van der Waals surface area contributed by atoms with E-state index in [2.05, 4.69) is 22.2 Å². The van der Waals surface area contributed by atoms with E-state index >= 15 is 0 Å². The molecule has 0 aliphatic rings. The standard InChI is InChI=1S/C13H17N3O2/c1-2-5-14-7-11-8-15-9-13(16-11)18-10-12-4-3-6-17-12/h3-4,6,8-9,14H,2,5,7,10H2,1H3. The fraction of sp³-hybridized carbons (Fsp3) is 0.385. The molecule has 18 heavy (non-hydrogen) atoms. The van der Waals surface area contributed by atoms with Crippen molar-refractivity contribution in [2.45, 2.75) is 26.5 Å². The van der Waals surface area contributed by atoms with Crippen molar-refractivity contribution in [3.8, 4) is 5.88 Å². The highest BCUT2D eigenvalue weighted by molar-refractivity contribution is 5.09. The Kier molecular flexibility index (Phi) is 4.72. The Hall–Kier alpha value is -1.88. The highest BCUT2D eigenvalue weighted by atomic mass is 16.5. The van der Waals surface area contributed by atoms with Crippen LogP contribution in [-0.2, 0) is 13.2 Å². The van der Waals surface area contributed by atoms with Crippen molar-refractivity contribution in [2.24, 2.45) is 0 Å². The summed E-state index contributed by atoms with van der Waals surface area (Å²) in [5.41, 5.74) is 0.875. The van der Waals surface area contributed by atoms with Gasteiger partial charge in [-0.3, -0.25) is 4.98 Å². The molecule has 0 amide bonds. The third-order valence-corrected chi connectivity index (χ3v) is 2.34. The van der Waals surface area contributed by atoms with Gasteiger partial charge in [-0.1, -0.05) is 6.92 Å². The van der Waals surface area contributed by atoms with Gasteiger partial charge < -0.3 is 14.5 Å². The summed E-state index contributed by atoms with van der Waals surface area (Å²) < 4.78 is 10.7. The molecule has 0 unspecified atom stereocenters. The number of rotatable bonds is 7. The van der Waals surface area contributed by atoms with Gasteiger partial charge >= 0.3 is 0 Å². The molecule has 2 rings (SSSR count). The largest absolute Gasteiger partial charge is 0.468 e. The summed E-state index contributed by atoms with van der Waals surface area (Å²) in [6.45, 7) is 4.17. The van der Waals surface area contributed by atoms with Gasteiger partial charge in [0.15, 0.2) is 0 Å². The highest BCUT2D eigenvalue weighted by Gasteiger charge is 2.01. The SMILES string of the molecule is CCCNCc1cncc(OCc2ccco2)n1. The van der Waals surface area contributed by atoms with Crippen LogP contribution < -0.4 is 10.1 Å². The lowest BCUT2D eigenvalue weighted by Gasteiger charge is -2.05. The van der Waals surface area contributed by atoms with Gasteiger partial charge in [0.1, 0.15) is 12.4 Å². The number of ether oxygens (including phenoxy) is 1. The van der Waals surface area contributed by atoms with E-state index in [1.165, 1.54) is 0 Å². The number of aromatic nitrogens is 2. The van der Waals surface area contributed by atoms with Crippen LogP contribution in [0.5, 0.6) is 5.88 Å². The van der Waals surface area contributed by atoms with Gasteiger partial charge in [0.05, 0.1) is 18.2 Å². The fourth-order valence-corrected chi connectivity index (χ4v) is 1.47. The van der Waals surface area contributed by atoms with Crippen molar-refractivity contribution in [2.75, 3.05) is 6.54 Å². The zero-order chi connectivity index (χ0) is 12.6. The van der Waals surface area contributed by atoms with E-state index in [1.54, 1.807) is 18.7 Å². The van der Waals surface area contributed by atoms with E-state index in [0.717, 1.165) is 24.4 Å². The van der Waals surface area contributed by atoms with Crippen LogP contribution in [0.3, 0.4) is 0 Å². The van der Waals surface area contributed by atoms with E-state index in [-0.39, 0.29) is 0 Å². The van der Waals surface area contributed by atoms with E-state index < -0.39 is 0 Å². The van der Waals surface area contributed by atoms with Gasteiger partial charge in [0.25, 0.3) is 0 Å². The van der Waals surface area contributed by atoms with Crippen molar-refractivity contribution >= 4 is 0 Å². The molecule has 5 heteroatoms. The summed E-state index contributed by atoms with van der Waals surface area (Å²) in [6, 6.07) is 3.69. The molecule has 0 spiro atoms. The maximum Gasteiger partial charge on any atom is 0.233 e. The lowest BCUT2D eigenvalue weighted by molar-refractivity contribution is 0.258. The molecule has 2 aromatic rings. The molecular weight excluding hydrogens is 230 g/mol. The van der Waals surface area contributed by atoms with Crippen molar-refractivity contribution < 1.29 is 9.15 Å². The molecule has 0 aromatic carbocycles. The lowest BCUT2D eigenvalue weighted by atomic mass is 10.4. The Morgan fingerprint density at radius 1 is 1.39 bits per heavy atom. The minimum Gasteiger partial charge on any atom is -0.468 e. The molecule has 2 aromatic heterocycles. The van der Waals surface area contributed by atoms with Crippen molar-refractivity contribution in [3.05, 3.63) is 42.2 Å². The van der Waals surface area contributed by atoms with Crippen LogP contribution in [0, 0.1) is 0 Å². The molecule has 96 valence electrons. The average molecular weight is 247 g/mol. The van der Waals surface area contributed by atoms with E-state index in [0.29, 0.717) is 19.0 Å². The Balaban J connectivity index is 1.86. The van der Waals surface area contributed by atoms with Crippen LogP contribution in [0.15, 0.2) is 35.2 Å². The monoisotopic (exact) mass is 247 g/mol. The van der Waals surface area contributed by atoms with E-state index in [1.807, 2.05) is 12.1 Å². The Morgan fingerprint density at radius 3 is 3.11 bits per heavy atom. The quantitative estimate of drug-likeness (QED) is 0.760. The van der Waals surface area contributed by atoms with Crippen LogP contribution in [0.25, 0.3) is 0 Å². The van der Waals surface area contributed by atoms with Crippen LogP contribution >= 0.6 is 0 Å². The van der Waals surface area contributed by atoms with E-state index in [4.69, 9.17) is 9.15 Å². The average Bonchev–Trinajstić information content (AvgIpc) is 2.90. The first-order chi connectivity index (χ1) is 8.88. The van der Waals surface area contributed by atoms with Crippen molar-refractivity contribution in [3.63, 3.8) is 0 Å². The maximum atomic E-state index is 5.50. The van der Waals surface area contributed by atoms with Crippen molar-refractivity contribution in [1.82, 2.24) is 15.3 Å². The Morgan fingerprint density at radius 2 is 2.33 bits per heavy atom. The van der Waals surface area contributed by atoms with Crippen LogP contribution in [0.4, 0.5) is 0 Å². The fourth-order valence-electron chi connectivity index (χ4n) is 1.47. The first-order valence-corrected chi connectivity index (χ1v) is 6.05. The van der Waals surface area contributed by atoms with Gasteiger partial charge in [0, 0.05) is 12.7 Å². The summed E-state index contributed by atoms with van der Waals surface area (Å²) in [7, 11) is 0. The third-order valence-electron chi connectivity index (χ3n) is 2.34. The first-order valence-electron chi connectivity index (χ1n) is 6.05. The predicted octanol–water partition coefficient (Wildman–Crippen LogP) is 2.15. The molecule has 0 saturated carbocycles. The number of nitrogens with one attached hydrogen (secondary N) is 1. The van der Waals surface area contributed by atoms with Crippen LogP contribution in [-0.4, -0.2) is 16.5 Å². The van der Waals surface area contributed by atoms with Crippen LogP contribution in [0.1, 0.15) is 24.8 Å². The smallest absolute Gasteiger partial charge is 0.233 e. The maximum absolute atomic E-state index is 5.50. The van der Waals surface area contributed by atoms with Gasteiger partial charge in [0.2, 0.25) is 5.88 Å². The molecule has 2 heterocycles. The minimum absolute atomic E-state index is 0.369. The zero-order valence-electron chi connectivity index (χ0n) is 10.4. The summed E-state index contributed by atoms with van der Waals surface area (Å²) in [5.74, 6) is 1.29. The van der Waals surface area contributed by atoms with Crippen molar-refractivity contribution in [1.29, 1.82) is 0 Å². The summed E-state index contributed by atoms with van der Waals surface area (Å²) >= 11 is 0. The zero-order valence-corrected chi connectivity index (χ0v) is 10.4. The third kappa shape index (κ3) is 3.85. The first kappa shape index (κ1) is 12.6. The predicted molar refractivity (Wildman–Crippen MR) is 67.1 cm³/mol.